The van der Waals surface area contributed by atoms with Crippen LogP contribution < -0.4 is 10.1 Å². The van der Waals surface area contributed by atoms with Gasteiger partial charge in [0, 0.05) is 11.5 Å². The van der Waals surface area contributed by atoms with E-state index in [-0.39, 0.29) is 11.8 Å². The first-order valence-corrected chi connectivity index (χ1v) is 7.26. The molecule has 1 spiro atoms. The third-order valence-corrected chi connectivity index (χ3v) is 4.82. The van der Waals surface area contributed by atoms with Crippen LogP contribution in [0.5, 0.6) is 5.75 Å². The normalized spacial score (nSPS) is 26.8. The van der Waals surface area contributed by atoms with Crippen molar-refractivity contribution in [3.8, 4) is 5.75 Å². The molecule has 0 bridgehead atoms. The molecule has 5 heteroatoms. The van der Waals surface area contributed by atoms with Gasteiger partial charge >= 0.3 is 5.97 Å². The van der Waals surface area contributed by atoms with Crippen LogP contribution in [0.4, 0.5) is 0 Å². The van der Waals surface area contributed by atoms with Crippen LogP contribution in [0.3, 0.4) is 0 Å². The van der Waals surface area contributed by atoms with E-state index in [9.17, 15) is 14.7 Å². The molecule has 0 radical (unpaired) electrons. The smallest absolute Gasteiger partial charge is 0.316 e. The Balaban J connectivity index is 2.03. The minimum atomic E-state index is -1.04. The second-order valence-electron chi connectivity index (χ2n) is 5.92. The fourth-order valence-electron chi connectivity index (χ4n) is 3.89. The van der Waals surface area contributed by atoms with E-state index in [4.69, 9.17) is 4.74 Å². The highest BCUT2D eigenvalue weighted by molar-refractivity contribution is 6.01. The number of methoxy groups -OCH3 is 1. The summed E-state index contributed by atoms with van der Waals surface area (Å²) in [4.78, 5) is 23.7. The van der Waals surface area contributed by atoms with Gasteiger partial charge in [0.15, 0.2) is 0 Å². The topological polar surface area (TPSA) is 75.6 Å². The van der Waals surface area contributed by atoms with Gasteiger partial charge in [-0.1, -0.05) is 25.0 Å². The van der Waals surface area contributed by atoms with Crippen molar-refractivity contribution < 1.29 is 19.4 Å². The number of hydrogen-bond donors (Lipinski definition) is 2. The van der Waals surface area contributed by atoms with E-state index in [0.29, 0.717) is 0 Å². The molecule has 112 valence electrons. The van der Waals surface area contributed by atoms with E-state index >= 15 is 0 Å². The summed E-state index contributed by atoms with van der Waals surface area (Å²) in [6.07, 6.45) is 3.75. The predicted octanol–water partition coefficient (Wildman–Crippen LogP) is 1.92. The molecular weight excluding hydrogens is 270 g/mol. The maximum atomic E-state index is 12.2. The predicted molar refractivity (Wildman–Crippen MR) is 76.2 cm³/mol. The molecule has 2 fully saturated rings. The van der Waals surface area contributed by atoms with E-state index < -0.39 is 17.4 Å². The largest absolute Gasteiger partial charge is 0.497 e. The Morgan fingerprint density at radius 1 is 1.29 bits per heavy atom. The van der Waals surface area contributed by atoms with E-state index in [1.165, 1.54) is 0 Å². The van der Waals surface area contributed by atoms with Crippen molar-refractivity contribution in [2.24, 2.45) is 5.92 Å². The molecule has 21 heavy (non-hydrogen) atoms. The Morgan fingerprint density at radius 3 is 2.43 bits per heavy atom. The van der Waals surface area contributed by atoms with Gasteiger partial charge in [-0.3, -0.25) is 9.59 Å². The van der Waals surface area contributed by atoms with Crippen LogP contribution in [0.15, 0.2) is 24.3 Å². The minimum absolute atomic E-state index is 0.309. The molecule has 5 nitrogen and oxygen atoms in total. The first-order valence-electron chi connectivity index (χ1n) is 7.26. The standard InChI is InChI=1S/C16H19NO4/c1-21-11-6-4-10(5-7-11)13-12(15(19)20)14(18)17-16(13)8-2-3-9-16/h4-7,12-13H,2-3,8-9H2,1H3,(H,17,18)(H,19,20)/t12-,13?/m0/s1. The summed E-state index contributed by atoms with van der Waals surface area (Å²) in [6.45, 7) is 0. The lowest BCUT2D eigenvalue weighted by Crippen LogP contribution is -2.42. The summed E-state index contributed by atoms with van der Waals surface area (Å²) in [6, 6.07) is 7.39. The van der Waals surface area contributed by atoms with Crippen molar-refractivity contribution in [1.29, 1.82) is 0 Å². The molecule has 2 aliphatic rings. The van der Waals surface area contributed by atoms with Crippen molar-refractivity contribution in [1.82, 2.24) is 5.32 Å². The molecule has 1 heterocycles. The number of carboxylic acid groups (broad SMARTS) is 1. The third-order valence-electron chi connectivity index (χ3n) is 4.82. The summed E-state index contributed by atoms with van der Waals surface area (Å²) < 4.78 is 5.15. The lowest BCUT2D eigenvalue weighted by molar-refractivity contribution is -0.145. The first-order chi connectivity index (χ1) is 10.1. The summed E-state index contributed by atoms with van der Waals surface area (Å²) >= 11 is 0. The van der Waals surface area contributed by atoms with E-state index in [2.05, 4.69) is 5.32 Å². The van der Waals surface area contributed by atoms with Crippen LogP contribution in [0.1, 0.15) is 37.2 Å². The van der Waals surface area contributed by atoms with Crippen molar-refractivity contribution in [2.45, 2.75) is 37.1 Å². The van der Waals surface area contributed by atoms with Crippen LogP contribution in [0, 0.1) is 5.92 Å². The number of benzene rings is 1. The fourth-order valence-corrected chi connectivity index (χ4v) is 3.89. The second kappa shape index (κ2) is 5.06. The van der Waals surface area contributed by atoms with Gasteiger partial charge in [0.05, 0.1) is 7.11 Å². The van der Waals surface area contributed by atoms with Gasteiger partial charge in [-0.05, 0) is 30.5 Å². The summed E-state index contributed by atoms with van der Waals surface area (Å²) in [7, 11) is 1.59. The average molecular weight is 289 g/mol. The lowest BCUT2D eigenvalue weighted by atomic mass is 9.74. The summed E-state index contributed by atoms with van der Waals surface area (Å²) in [5.74, 6) is -1.99. The zero-order valence-corrected chi connectivity index (χ0v) is 12.0. The molecule has 2 atom stereocenters. The van der Waals surface area contributed by atoms with Crippen LogP contribution in [-0.2, 0) is 9.59 Å². The van der Waals surface area contributed by atoms with Gasteiger partial charge in [0.1, 0.15) is 11.7 Å². The fraction of sp³-hybridized carbons (Fsp3) is 0.500. The highest BCUT2D eigenvalue weighted by Gasteiger charge is 2.57. The van der Waals surface area contributed by atoms with Gasteiger partial charge < -0.3 is 15.2 Å². The Labute approximate surface area is 123 Å². The minimum Gasteiger partial charge on any atom is -0.497 e. The molecule has 1 amide bonds. The third kappa shape index (κ3) is 2.17. The monoisotopic (exact) mass is 289 g/mol. The Hall–Kier alpha value is -2.04. The van der Waals surface area contributed by atoms with Crippen molar-refractivity contribution in [2.75, 3.05) is 7.11 Å². The van der Waals surface area contributed by atoms with E-state index in [1.54, 1.807) is 7.11 Å². The van der Waals surface area contributed by atoms with Gasteiger partial charge in [-0.2, -0.15) is 0 Å². The average Bonchev–Trinajstić information content (AvgIpc) is 3.04. The quantitative estimate of drug-likeness (QED) is 0.834. The van der Waals surface area contributed by atoms with Crippen LogP contribution in [-0.4, -0.2) is 29.6 Å². The van der Waals surface area contributed by atoms with Crippen LogP contribution in [0.25, 0.3) is 0 Å². The van der Waals surface area contributed by atoms with E-state index in [1.807, 2.05) is 24.3 Å². The van der Waals surface area contributed by atoms with Gasteiger partial charge in [0.2, 0.25) is 5.91 Å². The molecule has 1 saturated carbocycles. The molecule has 0 aromatic heterocycles. The highest BCUT2D eigenvalue weighted by atomic mass is 16.5. The Morgan fingerprint density at radius 2 is 1.90 bits per heavy atom. The molecule has 2 N–H and O–H groups in total. The molecule has 1 saturated heterocycles. The van der Waals surface area contributed by atoms with E-state index in [0.717, 1.165) is 37.0 Å². The van der Waals surface area contributed by atoms with Crippen molar-refractivity contribution in [3.05, 3.63) is 29.8 Å². The molecule has 1 aromatic carbocycles. The molecule has 1 aliphatic heterocycles. The number of ether oxygens (including phenoxy) is 1. The number of carbonyl (C=O) groups is 2. The van der Waals surface area contributed by atoms with Crippen LogP contribution >= 0.6 is 0 Å². The number of nitrogens with one attached hydrogen (secondary N) is 1. The Kier molecular flexibility index (Phi) is 3.35. The second-order valence-corrected chi connectivity index (χ2v) is 5.92. The number of hydrogen-bond acceptors (Lipinski definition) is 3. The Bertz CT molecular complexity index is 560. The number of rotatable bonds is 3. The first kappa shape index (κ1) is 13.9. The molecular formula is C16H19NO4. The number of aliphatic carboxylic acids is 1. The summed E-state index contributed by atoms with van der Waals surface area (Å²) in [5.41, 5.74) is 0.498. The van der Waals surface area contributed by atoms with Gasteiger partial charge in [0.25, 0.3) is 0 Å². The maximum Gasteiger partial charge on any atom is 0.316 e. The zero-order chi connectivity index (χ0) is 15.0. The van der Waals surface area contributed by atoms with Crippen molar-refractivity contribution >= 4 is 11.9 Å². The SMILES string of the molecule is COc1ccc(C2[C@H](C(=O)O)C(=O)NC23CCCC3)cc1. The molecule has 1 unspecified atom stereocenters. The summed E-state index contributed by atoms with van der Waals surface area (Å²) in [5, 5.41) is 12.5. The zero-order valence-electron chi connectivity index (χ0n) is 12.0. The van der Waals surface area contributed by atoms with Gasteiger partial charge in [-0.25, -0.2) is 0 Å². The number of carbonyl (C=O) groups excluding carboxylic acids is 1. The van der Waals surface area contributed by atoms with Crippen LogP contribution in [0.2, 0.25) is 0 Å². The van der Waals surface area contributed by atoms with Gasteiger partial charge in [-0.15, -0.1) is 0 Å². The number of amides is 1. The molecule has 3 rings (SSSR count). The molecule has 1 aliphatic carbocycles. The highest BCUT2D eigenvalue weighted by Crippen LogP contribution is 2.49. The molecule has 1 aromatic rings. The number of carboxylic acids is 1. The van der Waals surface area contributed by atoms with Crippen molar-refractivity contribution in [3.63, 3.8) is 0 Å². The lowest BCUT2D eigenvalue weighted by Gasteiger charge is -2.32. The maximum absolute atomic E-state index is 12.2.